The molecule has 0 aliphatic heterocycles. The SMILES string of the molecule is C=CC1C[C@]1(NC(=O)[C@@H](N)C[C@H](CC)Oc1cc(C(F)(F)F)nc2ccccc12)C(=O)NS(=O)(=O)C1CC1. The van der Waals surface area contributed by atoms with Crippen molar-refractivity contribution in [3.05, 3.63) is 48.7 Å². The van der Waals surface area contributed by atoms with Crippen LogP contribution in [0, 0.1) is 5.92 Å². The van der Waals surface area contributed by atoms with Crippen LogP contribution < -0.4 is 20.5 Å². The Hall–Kier alpha value is -3.19. The first-order valence-corrected chi connectivity index (χ1v) is 13.7. The van der Waals surface area contributed by atoms with E-state index >= 15 is 0 Å². The molecule has 0 radical (unpaired) electrons. The number of alkyl halides is 3. The van der Waals surface area contributed by atoms with Crippen LogP contribution in [0.3, 0.4) is 0 Å². The Labute approximate surface area is 218 Å². The molecule has 0 saturated heterocycles. The number of fused-ring (bicyclic) bond motifs is 1. The lowest BCUT2D eigenvalue weighted by atomic mass is 10.1. The van der Waals surface area contributed by atoms with Crippen molar-refractivity contribution in [1.29, 1.82) is 0 Å². The van der Waals surface area contributed by atoms with E-state index in [1.54, 1.807) is 25.1 Å². The molecular formula is C25H29F3N4O5S. The molecular weight excluding hydrogens is 525 g/mol. The van der Waals surface area contributed by atoms with E-state index < -0.39 is 62.6 Å². The highest BCUT2D eigenvalue weighted by molar-refractivity contribution is 7.91. The van der Waals surface area contributed by atoms with Gasteiger partial charge in [-0.15, -0.1) is 6.58 Å². The van der Waals surface area contributed by atoms with Gasteiger partial charge in [-0.3, -0.25) is 14.3 Å². The van der Waals surface area contributed by atoms with Gasteiger partial charge < -0.3 is 15.8 Å². The molecule has 38 heavy (non-hydrogen) atoms. The predicted octanol–water partition coefficient (Wildman–Crippen LogP) is 2.80. The third-order valence-electron chi connectivity index (χ3n) is 6.82. The van der Waals surface area contributed by atoms with Gasteiger partial charge in [0.2, 0.25) is 15.9 Å². The highest BCUT2D eigenvalue weighted by Gasteiger charge is 2.61. The highest BCUT2D eigenvalue weighted by Crippen LogP contribution is 2.45. The molecule has 9 nitrogen and oxygen atoms in total. The third kappa shape index (κ3) is 5.78. The first kappa shape index (κ1) is 27.8. The van der Waals surface area contributed by atoms with Crippen LogP contribution in [0.25, 0.3) is 10.9 Å². The van der Waals surface area contributed by atoms with Crippen molar-refractivity contribution < 1.29 is 35.9 Å². The maximum atomic E-state index is 13.4. The minimum atomic E-state index is -4.69. The molecule has 0 spiro atoms. The fourth-order valence-electron chi connectivity index (χ4n) is 4.28. The molecule has 2 amide bonds. The molecule has 4 rings (SSSR count). The lowest BCUT2D eigenvalue weighted by molar-refractivity contribution is -0.141. The van der Waals surface area contributed by atoms with Gasteiger partial charge in [0.1, 0.15) is 23.1 Å². The Balaban J connectivity index is 1.47. The first-order valence-electron chi connectivity index (χ1n) is 12.2. The summed E-state index contributed by atoms with van der Waals surface area (Å²) < 4.78 is 72.6. The van der Waals surface area contributed by atoms with Crippen molar-refractivity contribution in [2.45, 2.75) is 68.1 Å². The van der Waals surface area contributed by atoms with Crippen LogP contribution in [0.5, 0.6) is 5.75 Å². The second-order valence-electron chi connectivity index (χ2n) is 9.69. The van der Waals surface area contributed by atoms with E-state index in [9.17, 15) is 31.2 Å². The number of hydrogen-bond donors (Lipinski definition) is 3. The normalized spacial score (nSPS) is 22.8. The van der Waals surface area contributed by atoms with Crippen molar-refractivity contribution >= 4 is 32.7 Å². The van der Waals surface area contributed by atoms with Crippen molar-refractivity contribution in [2.24, 2.45) is 11.7 Å². The van der Waals surface area contributed by atoms with Crippen LogP contribution in [-0.4, -0.2) is 48.2 Å². The number of hydrogen-bond acceptors (Lipinski definition) is 7. The van der Waals surface area contributed by atoms with Crippen LogP contribution in [0.1, 0.15) is 44.7 Å². The van der Waals surface area contributed by atoms with Gasteiger partial charge in [-0.1, -0.05) is 25.1 Å². The van der Waals surface area contributed by atoms with Crippen molar-refractivity contribution in [2.75, 3.05) is 0 Å². The number of pyridine rings is 1. The zero-order chi connectivity index (χ0) is 27.9. The summed E-state index contributed by atoms with van der Waals surface area (Å²) in [4.78, 5) is 29.5. The van der Waals surface area contributed by atoms with Gasteiger partial charge in [-0.2, -0.15) is 13.2 Å². The van der Waals surface area contributed by atoms with E-state index in [2.05, 4.69) is 21.6 Å². The van der Waals surface area contributed by atoms with Crippen molar-refractivity contribution in [1.82, 2.24) is 15.0 Å². The van der Waals surface area contributed by atoms with Crippen LogP contribution >= 0.6 is 0 Å². The van der Waals surface area contributed by atoms with Gasteiger partial charge in [-0.05, 0) is 37.8 Å². The number of nitrogens with two attached hydrogens (primary N) is 1. The lowest BCUT2D eigenvalue weighted by Crippen LogP contribution is -2.56. The summed E-state index contributed by atoms with van der Waals surface area (Å²) in [7, 11) is -3.83. The minimum absolute atomic E-state index is 0.0440. The quantitative estimate of drug-likeness (QED) is 0.363. The molecule has 2 aromatic rings. The molecule has 1 aromatic carbocycles. The molecule has 2 saturated carbocycles. The smallest absolute Gasteiger partial charge is 0.433 e. The number of para-hydroxylation sites is 1. The number of nitrogens with one attached hydrogen (secondary N) is 2. The maximum absolute atomic E-state index is 13.4. The number of benzene rings is 1. The number of carbonyl (C=O) groups is 2. The van der Waals surface area contributed by atoms with E-state index in [1.165, 1.54) is 12.1 Å². The fourth-order valence-corrected chi connectivity index (χ4v) is 5.65. The number of nitrogens with zero attached hydrogens (tertiary/aromatic N) is 1. The Morgan fingerprint density at radius 3 is 2.58 bits per heavy atom. The van der Waals surface area contributed by atoms with Crippen LogP contribution in [0.15, 0.2) is 43.0 Å². The Bertz CT molecular complexity index is 1360. The van der Waals surface area contributed by atoms with Crippen LogP contribution in [0.2, 0.25) is 0 Å². The molecule has 206 valence electrons. The molecule has 1 heterocycles. The van der Waals surface area contributed by atoms with E-state index in [-0.39, 0.29) is 24.1 Å². The van der Waals surface area contributed by atoms with Crippen molar-refractivity contribution in [3.8, 4) is 5.75 Å². The van der Waals surface area contributed by atoms with E-state index in [0.717, 1.165) is 6.07 Å². The molecule has 1 aromatic heterocycles. The summed E-state index contributed by atoms with van der Waals surface area (Å²) in [5.74, 6) is -2.08. The largest absolute Gasteiger partial charge is 0.490 e. The van der Waals surface area contributed by atoms with Crippen molar-refractivity contribution in [3.63, 3.8) is 0 Å². The average molecular weight is 555 g/mol. The van der Waals surface area contributed by atoms with Gasteiger partial charge in [0.25, 0.3) is 5.91 Å². The van der Waals surface area contributed by atoms with E-state index in [0.29, 0.717) is 24.6 Å². The highest BCUT2D eigenvalue weighted by atomic mass is 32.2. The van der Waals surface area contributed by atoms with Gasteiger partial charge in [0.05, 0.1) is 16.8 Å². The second kappa shape index (κ2) is 10.2. The summed E-state index contributed by atoms with van der Waals surface area (Å²) in [6.45, 7) is 5.37. The Morgan fingerprint density at radius 1 is 1.32 bits per heavy atom. The molecule has 0 bridgehead atoms. The first-order chi connectivity index (χ1) is 17.8. The summed E-state index contributed by atoms with van der Waals surface area (Å²) in [5.41, 5.74) is 3.62. The van der Waals surface area contributed by atoms with Gasteiger partial charge in [0.15, 0.2) is 0 Å². The number of halogens is 3. The number of amides is 2. The van der Waals surface area contributed by atoms with Gasteiger partial charge in [0, 0.05) is 23.8 Å². The molecule has 4 atom stereocenters. The van der Waals surface area contributed by atoms with E-state index in [4.69, 9.17) is 10.5 Å². The van der Waals surface area contributed by atoms with Gasteiger partial charge >= 0.3 is 6.18 Å². The molecule has 1 unspecified atom stereocenters. The monoisotopic (exact) mass is 554 g/mol. The van der Waals surface area contributed by atoms with Crippen LogP contribution in [-0.2, 0) is 25.8 Å². The number of aromatic nitrogens is 1. The molecule has 2 fully saturated rings. The summed E-state index contributed by atoms with van der Waals surface area (Å²) in [5, 5.41) is 2.33. The standard InChI is InChI=1S/C25H29F3N4O5S/c1-3-14-13-24(14,23(34)32-38(35,36)16-9-10-16)31-22(33)18(29)11-15(4-2)37-20-12-21(25(26,27)28)30-19-8-6-5-7-17(19)20/h3,5-8,12,14-16,18H,1,4,9-11,13,29H2,2H3,(H,31,33)(H,32,34)/t14?,15-,18-,24+/m0/s1. The zero-order valence-corrected chi connectivity index (χ0v) is 21.4. The zero-order valence-electron chi connectivity index (χ0n) is 20.6. The maximum Gasteiger partial charge on any atom is 0.433 e. The molecule has 2 aliphatic carbocycles. The fraction of sp³-hybridized carbons (Fsp3) is 0.480. The summed E-state index contributed by atoms with van der Waals surface area (Å²) >= 11 is 0. The molecule has 4 N–H and O–H groups in total. The van der Waals surface area contributed by atoms with Gasteiger partial charge in [-0.25, -0.2) is 13.4 Å². The number of ether oxygens (including phenoxy) is 1. The second-order valence-corrected chi connectivity index (χ2v) is 11.7. The molecule has 13 heteroatoms. The van der Waals surface area contributed by atoms with Crippen LogP contribution in [0.4, 0.5) is 13.2 Å². The minimum Gasteiger partial charge on any atom is -0.490 e. The number of sulfonamides is 1. The predicted molar refractivity (Wildman–Crippen MR) is 133 cm³/mol. The number of rotatable bonds is 11. The van der Waals surface area contributed by atoms with E-state index in [1.807, 2.05) is 0 Å². The average Bonchev–Trinajstić information content (AvgIpc) is 3.77. The summed E-state index contributed by atoms with van der Waals surface area (Å²) in [6.07, 6.45) is -2.62. The Kier molecular flexibility index (Phi) is 7.45. The topological polar surface area (TPSA) is 140 Å². The third-order valence-corrected chi connectivity index (χ3v) is 8.64. The Morgan fingerprint density at radius 2 is 2.00 bits per heavy atom. The lowest BCUT2D eigenvalue weighted by Gasteiger charge is -2.24. The molecule has 2 aliphatic rings. The number of carbonyl (C=O) groups excluding carboxylic acids is 2. The summed E-state index contributed by atoms with van der Waals surface area (Å²) in [6, 6.07) is 5.85.